The van der Waals surface area contributed by atoms with Gasteiger partial charge < -0.3 is 10.1 Å². The molecule has 1 aliphatic heterocycles. The summed E-state index contributed by atoms with van der Waals surface area (Å²) in [5.74, 6) is 2.01. The van der Waals surface area contributed by atoms with Gasteiger partial charge in [0.15, 0.2) is 5.17 Å². The fraction of sp³-hybridized carbons (Fsp3) is 0.533. The van der Waals surface area contributed by atoms with Crippen molar-refractivity contribution in [2.24, 2.45) is 10.4 Å². The molecule has 19 heavy (non-hydrogen) atoms. The van der Waals surface area contributed by atoms with Crippen LogP contribution in [-0.4, -0.2) is 24.6 Å². The van der Waals surface area contributed by atoms with Crippen LogP contribution in [-0.2, 0) is 0 Å². The number of hydrogen-bond acceptors (Lipinski definition) is 4. The molecule has 3 nitrogen and oxygen atoms in total. The monoisotopic (exact) mass is 278 g/mol. The van der Waals surface area contributed by atoms with Crippen molar-refractivity contribution in [2.45, 2.75) is 26.8 Å². The van der Waals surface area contributed by atoms with Crippen LogP contribution in [0.4, 0.5) is 0 Å². The van der Waals surface area contributed by atoms with E-state index >= 15 is 0 Å². The largest absolute Gasteiger partial charge is 0.497 e. The summed E-state index contributed by atoms with van der Waals surface area (Å²) in [7, 11) is 1.69. The summed E-state index contributed by atoms with van der Waals surface area (Å²) in [4.78, 5) is 4.63. The molecular weight excluding hydrogens is 256 g/mol. The minimum atomic E-state index is 0.262. The lowest BCUT2D eigenvalue weighted by molar-refractivity contribution is 0.414. The highest BCUT2D eigenvalue weighted by Gasteiger charge is 2.24. The molecule has 1 unspecified atom stereocenters. The Morgan fingerprint density at radius 3 is 2.53 bits per heavy atom. The summed E-state index contributed by atoms with van der Waals surface area (Å²) in [6.45, 7) is 7.57. The first-order valence-electron chi connectivity index (χ1n) is 6.58. The van der Waals surface area contributed by atoms with E-state index in [1.54, 1.807) is 7.11 Å². The number of ether oxygens (including phenoxy) is 1. The molecular formula is C15H22N2OS. The number of thioether (sulfide) groups is 1. The molecule has 104 valence electrons. The Kier molecular flexibility index (Phi) is 4.40. The number of rotatable bonds is 3. The molecule has 0 aromatic heterocycles. The number of aliphatic imine (C=N–C) groups is 1. The van der Waals surface area contributed by atoms with Crippen LogP contribution >= 0.6 is 11.8 Å². The molecule has 1 aromatic carbocycles. The van der Waals surface area contributed by atoms with Crippen LogP contribution in [0, 0.1) is 5.41 Å². The van der Waals surface area contributed by atoms with Crippen molar-refractivity contribution in [3.05, 3.63) is 29.8 Å². The summed E-state index contributed by atoms with van der Waals surface area (Å²) in [6.07, 6.45) is 0. The predicted molar refractivity (Wildman–Crippen MR) is 83.1 cm³/mol. The molecule has 1 heterocycles. The topological polar surface area (TPSA) is 33.6 Å². The van der Waals surface area contributed by atoms with E-state index in [1.165, 1.54) is 5.56 Å². The van der Waals surface area contributed by atoms with Crippen LogP contribution < -0.4 is 10.1 Å². The fourth-order valence-electron chi connectivity index (χ4n) is 1.89. The van der Waals surface area contributed by atoms with E-state index < -0.39 is 0 Å². The average molecular weight is 278 g/mol. The van der Waals surface area contributed by atoms with Crippen molar-refractivity contribution in [3.8, 4) is 5.75 Å². The minimum absolute atomic E-state index is 0.262. The molecule has 4 heteroatoms. The standard InChI is InChI=1S/C15H22N2OS/c1-11(12-5-7-13(18-4)8-6-12)17-14-16-9-15(2,3)10-19-14/h5-8,11H,9-10H2,1-4H3,(H,16,17). The zero-order valence-electron chi connectivity index (χ0n) is 12.1. The normalized spacial score (nSPS) is 19.5. The van der Waals surface area contributed by atoms with Gasteiger partial charge in [0.05, 0.1) is 13.2 Å². The second-order valence-corrected chi connectivity index (χ2v) is 6.68. The van der Waals surface area contributed by atoms with Gasteiger partial charge in [0.1, 0.15) is 5.75 Å². The quantitative estimate of drug-likeness (QED) is 0.919. The average Bonchev–Trinajstić information content (AvgIpc) is 2.41. The number of nitrogens with one attached hydrogen (secondary N) is 1. The molecule has 0 fully saturated rings. The lowest BCUT2D eigenvalue weighted by atomic mass is 9.97. The first kappa shape index (κ1) is 14.3. The Morgan fingerprint density at radius 2 is 2.00 bits per heavy atom. The van der Waals surface area contributed by atoms with Crippen molar-refractivity contribution < 1.29 is 4.74 Å². The van der Waals surface area contributed by atoms with Crippen molar-refractivity contribution >= 4 is 16.9 Å². The Balaban J connectivity index is 1.97. The molecule has 0 radical (unpaired) electrons. The fourth-order valence-corrected chi connectivity index (χ4v) is 2.92. The van der Waals surface area contributed by atoms with Crippen LogP contribution in [0.1, 0.15) is 32.4 Å². The van der Waals surface area contributed by atoms with Crippen LogP contribution in [0.25, 0.3) is 0 Å². The van der Waals surface area contributed by atoms with Crippen molar-refractivity contribution in [1.82, 2.24) is 5.32 Å². The van der Waals surface area contributed by atoms with E-state index in [0.717, 1.165) is 23.2 Å². The van der Waals surface area contributed by atoms with Crippen molar-refractivity contribution in [3.63, 3.8) is 0 Å². The molecule has 0 amide bonds. The smallest absolute Gasteiger partial charge is 0.157 e. The third kappa shape index (κ3) is 3.90. The first-order valence-corrected chi connectivity index (χ1v) is 7.56. The number of methoxy groups -OCH3 is 1. The van der Waals surface area contributed by atoms with Gasteiger partial charge in [-0.2, -0.15) is 0 Å². The maximum atomic E-state index is 5.17. The Bertz CT molecular complexity index is 454. The number of hydrogen-bond donors (Lipinski definition) is 1. The third-order valence-corrected chi connectivity index (χ3v) is 4.65. The summed E-state index contributed by atoms with van der Waals surface area (Å²) in [5.41, 5.74) is 1.56. The maximum Gasteiger partial charge on any atom is 0.157 e. The Labute approximate surface area is 119 Å². The lowest BCUT2D eigenvalue weighted by Crippen LogP contribution is -2.32. The van der Waals surface area contributed by atoms with E-state index in [2.05, 4.69) is 43.2 Å². The molecule has 1 N–H and O–H groups in total. The zero-order valence-corrected chi connectivity index (χ0v) is 12.9. The van der Waals surface area contributed by atoms with Gasteiger partial charge in [-0.15, -0.1) is 0 Å². The second kappa shape index (κ2) is 5.87. The second-order valence-electron chi connectivity index (χ2n) is 5.71. The molecule has 1 aliphatic rings. The first-order chi connectivity index (χ1) is 9.00. The van der Waals surface area contributed by atoms with Crippen LogP contribution in [0.5, 0.6) is 5.75 Å². The molecule has 0 aliphatic carbocycles. The summed E-state index contributed by atoms with van der Waals surface area (Å²) >= 11 is 1.81. The molecule has 1 aromatic rings. The van der Waals surface area contributed by atoms with Gasteiger partial charge in [0.2, 0.25) is 0 Å². The number of amidine groups is 1. The molecule has 0 spiro atoms. The van der Waals surface area contributed by atoms with Crippen molar-refractivity contribution in [2.75, 3.05) is 19.4 Å². The summed E-state index contributed by atoms with van der Waals surface area (Å²) < 4.78 is 5.17. The number of benzene rings is 1. The Morgan fingerprint density at radius 1 is 1.32 bits per heavy atom. The van der Waals surface area contributed by atoms with Gasteiger partial charge in [-0.05, 0) is 30.0 Å². The van der Waals surface area contributed by atoms with Gasteiger partial charge in [0.25, 0.3) is 0 Å². The summed E-state index contributed by atoms with van der Waals surface area (Å²) in [6, 6.07) is 8.43. The van der Waals surface area contributed by atoms with Gasteiger partial charge >= 0.3 is 0 Å². The van der Waals surface area contributed by atoms with Gasteiger partial charge in [-0.3, -0.25) is 4.99 Å². The van der Waals surface area contributed by atoms with Gasteiger partial charge in [0, 0.05) is 12.3 Å². The minimum Gasteiger partial charge on any atom is -0.497 e. The van der Waals surface area contributed by atoms with E-state index in [4.69, 9.17) is 4.74 Å². The van der Waals surface area contributed by atoms with Crippen LogP contribution in [0.15, 0.2) is 29.3 Å². The SMILES string of the molecule is COc1ccc(C(C)NC2=NCC(C)(C)CS2)cc1. The molecule has 0 saturated heterocycles. The molecule has 2 rings (SSSR count). The Hall–Kier alpha value is -1.16. The van der Waals surface area contributed by atoms with Crippen LogP contribution in [0.2, 0.25) is 0 Å². The lowest BCUT2D eigenvalue weighted by Gasteiger charge is -2.28. The molecule has 1 atom stereocenters. The zero-order chi connectivity index (χ0) is 13.9. The van der Waals surface area contributed by atoms with Gasteiger partial charge in [-0.1, -0.05) is 37.7 Å². The van der Waals surface area contributed by atoms with E-state index in [-0.39, 0.29) is 6.04 Å². The maximum absolute atomic E-state index is 5.17. The highest BCUT2D eigenvalue weighted by molar-refractivity contribution is 8.13. The van der Waals surface area contributed by atoms with E-state index in [0.29, 0.717) is 5.41 Å². The summed E-state index contributed by atoms with van der Waals surface area (Å²) in [5, 5.41) is 4.54. The van der Waals surface area contributed by atoms with Crippen LogP contribution in [0.3, 0.4) is 0 Å². The highest BCUT2D eigenvalue weighted by atomic mass is 32.2. The third-order valence-electron chi connectivity index (χ3n) is 3.21. The predicted octanol–water partition coefficient (Wildman–Crippen LogP) is 3.47. The van der Waals surface area contributed by atoms with Crippen molar-refractivity contribution in [1.29, 1.82) is 0 Å². The highest BCUT2D eigenvalue weighted by Crippen LogP contribution is 2.28. The molecule has 0 bridgehead atoms. The van der Waals surface area contributed by atoms with Gasteiger partial charge in [-0.25, -0.2) is 0 Å². The van der Waals surface area contributed by atoms with E-state index in [1.807, 2.05) is 23.9 Å². The molecule has 0 saturated carbocycles. The number of nitrogens with zero attached hydrogens (tertiary/aromatic N) is 1. The van der Waals surface area contributed by atoms with E-state index in [9.17, 15) is 0 Å².